The van der Waals surface area contributed by atoms with Crippen molar-refractivity contribution in [1.82, 2.24) is 20.3 Å². The van der Waals surface area contributed by atoms with Crippen molar-refractivity contribution in [3.05, 3.63) is 29.8 Å². The van der Waals surface area contributed by atoms with Gasteiger partial charge in [-0.2, -0.15) is 0 Å². The maximum atomic E-state index is 12.5. The molecular weight excluding hydrogens is 521 g/mol. The molecule has 172 valence electrons. The number of nitrogens with zero attached hydrogens (tertiary/aromatic N) is 2. The summed E-state index contributed by atoms with van der Waals surface area (Å²) in [4.78, 5) is 16.4. The average molecular weight is 555 g/mol. The van der Waals surface area contributed by atoms with E-state index in [9.17, 15) is 13.2 Å². The number of ether oxygens (including phenoxy) is 1. The molecule has 0 aliphatic carbocycles. The van der Waals surface area contributed by atoms with Crippen LogP contribution in [0.2, 0.25) is 0 Å². The lowest BCUT2D eigenvalue weighted by molar-refractivity contribution is 0.0529. The van der Waals surface area contributed by atoms with Gasteiger partial charge < -0.3 is 20.7 Å². The lowest BCUT2D eigenvalue weighted by Gasteiger charge is -2.20. The zero-order valence-electron chi connectivity index (χ0n) is 18.5. The topological polar surface area (TPSA) is 112 Å². The summed E-state index contributed by atoms with van der Waals surface area (Å²) >= 11 is 0. The molecule has 0 atom stereocenters. The fourth-order valence-corrected chi connectivity index (χ4v) is 3.36. The summed E-state index contributed by atoms with van der Waals surface area (Å²) in [5.41, 5.74) is 0.0547. The molecule has 0 heterocycles. The Kier molecular flexibility index (Phi) is 12.3. The van der Waals surface area contributed by atoms with Gasteiger partial charge in [-0.05, 0) is 39.3 Å². The monoisotopic (exact) mass is 555 g/mol. The van der Waals surface area contributed by atoms with E-state index in [4.69, 9.17) is 4.74 Å². The zero-order valence-corrected chi connectivity index (χ0v) is 21.6. The molecule has 1 rings (SSSR count). The SMILES string of the molecule is CCNC(=NCc1ccccc1S(=O)(=O)N(C)C)NCCNC(=O)OC(C)(C)C.I. The van der Waals surface area contributed by atoms with Gasteiger partial charge in [-0.1, -0.05) is 18.2 Å². The molecule has 0 spiro atoms. The number of alkyl carbamates (subject to hydrolysis) is 1. The molecular formula is C19H34IN5O4S. The molecule has 0 fully saturated rings. The summed E-state index contributed by atoms with van der Waals surface area (Å²) < 4.78 is 31.3. The molecule has 30 heavy (non-hydrogen) atoms. The number of aliphatic imine (C=N–C) groups is 1. The molecule has 1 amide bonds. The summed E-state index contributed by atoms with van der Waals surface area (Å²) in [6.45, 7) is 8.95. The maximum absolute atomic E-state index is 12.5. The van der Waals surface area contributed by atoms with Gasteiger partial charge in [0.2, 0.25) is 10.0 Å². The second kappa shape index (κ2) is 13.0. The number of halogens is 1. The Morgan fingerprint density at radius 3 is 2.27 bits per heavy atom. The Balaban J connectivity index is 0.00000841. The molecule has 0 radical (unpaired) electrons. The van der Waals surface area contributed by atoms with Crippen LogP contribution in [0, 0.1) is 0 Å². The maximum Gasteiger partial charge on any atom is 0.407 e. The molecule has 1 aromatic carbocycles. The van der Waals surface area contributed by atoms with Crippen LogP contribution in [0.4, 0.5) is 4.79 Å². The first-order valence-corrected chi connectivity index (χ1v) is 10.9. The Bertz CT molecular complexity index is 807. The average Bonchev–Trinajstić information content (AvgIpc) is 2.61. The first-order chi connectivity index (χ1) is 13.5. The number of amides is 1. The number of hydrogen-bond donors (Lipinski definition) is 3. The van der Waals surface area contributed by atoms with Crippen molar-refractivity contribution in [2.45, 2.75) is 44.7 Å². The van der Waals surface area contributed by atoms with Crippen molar-refractivity contribution >= 4 is 46.1 Å². The predicted octanol–water partition coefficient (Wildman–Crippen LogP) is 2.13. The first kappa shape index (κ1) is 28.4. The van der Waals surface area contributed by atoms with Crippen LogP contribution in [0.5, 0.6) is 0 Å². The van der Waals surface area contributed by atoms with Crippen molar-refractivity contribution in [3.8, 4) is 0 Å². The van der Waals surface area contributed by atoms with Crippen molar-refractivity contribution in [2.75, 3.05) is 33.7 Å². The van der Waals surface area contributed by atoms with Gasteiger partial charge in [0.1, 0.15) is 5.60 Å². The van der Waals surface area contributed by atoms with Gasteiger partial charge in [-0.3, -0.25) is 0 Å². The molecule has 11 heteroatoms. The lowest BCUT2D eigenvalue weighted by atomic mass is 10.2. The molecule has 0 bridgehead atoms. The van der Waals surface area contributed by atoms with Crippen LogP contribution in [0.25, 0.3) is 0 Å². The highest BCUT2D eigenvalue weighted by Crippen LogP contribution is 2.19. The molecule has 0 aliphatic rings. The second-order valence-corrected chi connectivity index (χ2v) is 9.57. The quantitative estimate of drug-likeness (QED) is 0.196. The minimum atomic E-state index is -3.55. The highest BCUT2D eigenvalue weighted by atomic mass is 127. The van der Waals surface area contributed by atoms with Gasteiger partial charge in [-0.15, -0.1) is 24.0 Å². The number of nitrogens with one attached hydrogen (secondary N) is 3. The largest absolute Gasteiger partial charge is 0.444 e. The molecule has 0 aromatic heterocycles. The van der Waals surface area contributed by atoms with Crippen LogP contribution in [-0.2, 0) is 21.3 Å². The van der Waals surface area contributed by atoms with E-state index < -0.39 is 21.7 Å². The Morgan fingerprint density at radius 2 is 1.70 bits per heavy atom. The van der Waals surface area contributed by atoms with Crippen molar-refractivity contribution in [2.24, 2.45) is 4.99 Å². The normalized spacial score (nSPS) is 12.2. The third kappa shape index (κ3) is 9.94. The van der Waals surface area contributed by atoms with Crippen LogP contribution >= 0.6 is 24.0 Å². The molecule has 0 aliphatic heterocycles. The van der Waals surface area contributed by atoms with E-state index in [1.54, 1.807) is 45.0 Å². The Morgan fingerprint density at radius 1 is 1.10 bits per heavy atom. The highest BCUT2D eigenvalue weighted by molar-refractivity contribution is 14.0. The summed E-state index contributed by atoms with van der Waals surface area (Å²) in [6.07, 6.45) is -0.482. The van der Waals surface area contributed by atoms with E-state index in [0.717, 1.165) is 0 Å². The molecule has 9 nitrogen and oxygen atoms in total. The number of hydrogen-bond acceptors (Lipinski definition) is 5. The van der Waals surface area contributed by atoms with Crippen LogP contribution in [0.15, 0.2) is 34.2 Å². The molecule has 3 N–H and O–H groups in total. The molecule has 1 aromatic rings. The summed E-state index contributed by atoms with van der Waals surface area (Å²) in [7, 11) is -0.554. The third-order valence-corrected chi connectivity index (χ3v) is 5.48. The minimum Gasteiger partial charge on any atom is -0.444 e. The Hall–Kier alpha value is -1.60. The number of benzene rings is 1. The number of guanidine groups is 1. The van der Waals surface area contributed by atoms with Crippen molar-refractivity contribution in [3.63, 3.8) is 0 Å². The highest BCUT2D eigenvalue weighted by Gasteiger charge is 2.20. The van der Waals surface area contributed by atoms with E-state index >= 15 is 0 Å². The van der Waals surface area contributed by atoms with Gasteiger partial charge in [0.05, 0.1) is 11.4 Å². The predicted molar refractivity (Wildman–Crippen MR) is 130 cm³/mol. The molecule has 0 saturated heterocycles. The zero-order chi connectivity index (χ0) is 22.1. The lowest BCUT2D eigenvalue weighted by Crippen LogP contribution is -2.42. The second-order valence-electron chi connectivity index (χ2n) is 7.45. The standard InChI is InChI=1S/C19H33N5O4S.HI/c1-7-20-17(21-12-13-22-18(25)28-19(2,3)4)23-14-15-10-8-9-11-16(15)29(26,27)24(5)6;/h8-11H,7,12-14H2,1-6H3,(H,22,25)(H2,20,21,23);1H. The van der Waals surface area contributed by atoms with Gasteiger partial charge >= 0.3 is 6.09 Å². The fraction of sp³-hybridized carbons (Fsp3) is 0.579. The summed E-state index contributed by atoms with van der Waals surface area (Å²) in [5, 5.41) is 8.85. The number of sulfonamides is 1. The van der Waals surface area contributed by atoms with E-state index in [1.165, 1.54) is 18.4 Å². The molecule has 0 unspecified atom stereocenters. The van der Waals surface area contributed by atoms with Crippen molar-refractivity contribution in [1.29, 1.82) is 0 Å². The van der Waals surface area contributed by atoms with E-state index in [0.29, 0.717) is 31.2 Å². The van der Waals surface area contributed by atoms with Gasteiger partial charge in [0.25, 0.3) is 0 Å². The summed E-state index contributed by atoms with van der Waals surface area (Å²) in [6, 6.07) is 6.79. The minimum absolute atomic E-state index is 0. The van der Waals surface area contributed by atoms with Crippen molar-refractivity contribution < 1.29 is 17.9 Å². The summed E-state index contributed by atoms with van der Waals surface area (Å²) in [5.74, 6) is 0.524. The van der Waals surface area contributed by atoms with E-state index in [2.05, 4.69) is 20.9 Å². The van der Waals surface area contributed by atoms with E-state index in [-0.39, 0.29) is 35.4 Å². The van der Waals surface area contributed by atoms with Crippen LogP contribution in [0.3, 0.4) is 0 Å². The fourth-order valence-electron chi connectivity index (χ4n) is 2.25. The third-order valence-electron chi connectivity index (χ3n) is 3.57. The van der Waals surface area contributed by atoms with E-state index in [1.807, 2.05) is 6.92 Å². The smallest absolute Gasteiger partial charge is 0.407 e. The van der Waals surface area contributed by atoms with Crippen LogP contribution < -0.4 is 16.0 Å². The first-order valence-electron chi connectivity index (χ1n) is 9.47. The number of carbonyl (C=O) groups excluding carboxylic acids is 1. The van der Waals surface area contributed by atoms with Crippen LogP contribution in [0.1, 0.15) is 33.3 Å². The number of carbonyl (C=O) groups is 1. The Labute approximate surface area is 197 Å². The van der Waals surface area contributed by atoms with Crippen LogP contribution in [-0.4, -0.2) is 64.1 Å². The number of rotatable bonds is 8. The van der Waals surface area contributed by atoms with Gasteiger partial charge in [-0.25, -0.2) is 22.5 Å². The van der Waals surface area contributed by atoms with Gasteiger partial charge in [0.15, 0.2) is 5.96 Å². The molecule has 0 saturated carbocycles. The van der Waals surface area contributed by atoms with Gasteiger partial charge in [0, 0.05) is 33.7 Å².